The molecule has 2 aliphatic rings. The minimum absolute atomic E-state index is 0.0364. The van der Waals surface area contributed by atoms with Gasteiger partial charge in [-0.05, 0) is 47.8 Å². The number of hydrogen-bond acceptors (Lipinski definition) is 6. The first-order valence-electron chi connectivity index (χ1n) is 18.7. The Balaban J connectivity index is 2.29. The number of hydrogen-bond donors (Lipinski definition) is 1. The maximum Gasteiger partial charge on any atom is 0.323 e. The van der Waals surface area contributed by atoms with Crippen LogP contribution in [0, 0.1) is 17.7 Å². The number of benzene rings is 1. The maximum atomic E-state index is 13.7. The molecule has 6 heteroatoms. The van der Waals surface area contributed by atoms with Gasteiger partial charge in [0.1, 0.15) is 12.1 Å². The lowest BCUT2D eigenvalue weighted by atomic mass is 9.79. The van der Waals surface area contributed by atoms with E-state index < -0.39 is 88.7 Å². The van der Waals surface area contributed by atoms with E-state index in [4.69, 9.17) is 43.2 Å². The van der Waals surface area contributed by atoms with E-state index in [1.165, 1.54) is 24.1 Å². The fourth-order valence-electron chi connectivity index (χ4n) is 3.67. The molecule has 2 N–H and O–H groups in total. The van der Waals surface area contributed by atoms with Crippen LogP contribution in [0.4, 0.5) is 0 Å². The van der Waals surface area contributed by atoms with Crippen LogP contribution < -0.4 is 15.2 Å². The third-order valence-electron chi connectivity index (χ3n) is 5.08. The van der Waals surface area contributed by atoms with Crippen LogP contribution in [0.5, 0.6) is 11.5 Å². The molecular weight excluding hydrogens is 380 g/mol. The van der Waals surface area contributed by atoms with Gasteiger partial charge in [-0.3, -0.25) is 9.69 Å². The van der Waals surface area contributed by atoms with Crippen LogP contribution in [0.3, 0.4) is 0 Å². The quantitative estimate of drug-likeness (QED) is 0.658. The second kappa shape index (κ2) is 9.56. The topological polar surface area (TPSA) is 74.0 Å². The Morgan fingerprint density at radius 2 is 2.20 bits per heavy atom. The molecule has 30 heavy (non-hydrogen) atoms. The molecule has 3 rings (SSSR count). The molecule has 0 spiro atoms. The van der Waals surface area contributed by atoms with Gasteiger partial charge in [0.2, 0.25) is 0 Å². The average Bonchev–Trinajstić information content (AvgIpc) is 2.88. The van der Waals surface area contributed by atoms with Gasteiger partial charge >= 0.3 is 5.97 Å². The number of methoxy groups -OCH3 is 2. The second-order valence-corrected chi connectivity index (χ2v) is 7.05. The standard InChI is InChI=1S/C24H38N2O4/c1-14(2)9-17-13-26-8-7-16-10-21(28-5)22(29-6)11-18(16)19(26)12-20(17)30-24(27)23(25)15(3)4/h10-11,14-15,17,19-20,23H,7-9,12-13,25H2,1-6H3/t17?,19?,20?,23-/m0/s1/i1D3,3D3,4D3,5D3,9D2,14D,15D,19D,20D,23D/t14?,17?,19?,20?,23-. The van der Waals surface area contributed by atoms with Crippen molar-refractivity contribution >= 4 is 5.97 Å². The predicted octanol–water partition coefficient (Wildman–Crippen LogP) is 3.56. The highest BCUT2D eigenvalue weighted by Crippen LogP contribution is 2.44. The Morgan fingerprint density at radius 3 is 2.90 bits per heavy atom. The highest BCUT2D eigenvalue weighted by atomic mass is 16.5. The Kier molecular flexibility index (Phi) is 2.75. The van der Waals surface area contributed by atoms with Crippen molar-refractivity contribution in [2.75, 3.05) is 27.2 Å². The summed E-state index contributed by atoms with van der Waals surface area (Å²) < 4.78 is 170. The van der Waals surface area contributed by atoms with Crippen molar-refractivity contribution < 1.29 is 45.0 Å². The number of piperidine rings is 1. The lowest BCUT2D eigenvalue weighted by Gasteiger charge is -2.47. The molecule has 0 bridgehead atoms. The maximum absolute atomic E-state index is 13.7. The van der Waals surface area contributed by atoms with E-state index in [0.29, 0.717) is 5.56 Å². The van der Waals surface area contributed by atoms with Gasteiger partial charge in [-0.15, -0.1) is 0 Å². The van der Waals surface area contributed by atoms with Crippen molar-refractivity contribution in [1.29, 1.82) is 0 Å². The molecule has 0 radical (unpaired) electrons. The van der Waals surface area contributed by atoms with Crippen LogP contribution in [0.15, 0.2) is 12.1 Å². The minimum atomic E-state index is -4.07. The van der Waals surface area contributed by atoms with Crippen LogP contribution in [0.25, 0.3) is 0 Å². The first kappa shape index (κ1) is 8.62. The SMILES string of the molecule is [2H]C([2H])([2H])Oc1cc2c(cc1OC)C1([2H])CC([2H])(OC(=O)[C@@]([2H])(N)C([2H])(C([2H])([2H])[2H])C([2H])([2H])[2H])C(C([2H])([2H])C([2H])(C)C([2H])([2H])[2H])CN1CC2. The molecule has 2 heterocycles. The molecule has 0 amide bonds. The van der Waals surface area contributed by atoms with E-state index in [9.17, 15) is 7.54 Å². The summed E-state index contributed by atoms with van der Waals surface area (Å²) in [5, 5.41) is 0. The summed E-state index contributed by atoms with van der Waals surface area (Å²) in [7, 11) is -1.72. The molecule has 4 unspecified atom stereocenters. The van der Waals surface area contributed by atoms with E-state index in [1.54, 1.807) is 0 Å². The van der Waals surface area contributed by atoms with E-state index in [0.717, 1.165) is 6.92 Å². The van der Waals surface area contributed by atoms with Gasteiger partial charge in [-0.2, -0.15) is 0 Å². The lowest BCUT2D eigenvalue weighted by Crippen LogP contribution is -2.51. The molecule has 0 saturated carbocycles. The highest BCUT2D eigenvalue weighted by Gasteiger charge is 2.41. The number of esters is 1. The number of carbonyl (C=O) groups excluding carboxylic acids is 1. The Hall–Kier alpha value is -1.79. The second-order valence-electron chi connectivity index (χ2n) is 7.05. The number of ether oxygens (including phenoxy) is 3. The first-order chi connectivity index (χ1) is 21.5. The molecule has 5 atom stereocenters. The Bertz CT molecular complexity index is 1420. The van der Waals surface area contributed by atoms with Gasteiger partial charge in [-0.1, -0.05) is 27.5 Å². The summed E-state index contributed by atoms with van der Waals surface area (Å²) in [6.45, 7) is -11.3. The van der Waals surface area contributed by atoms with Gasteiger partial charge in [0.25, 0.3) is 0 Å². The lowest BCUT2D eigenvalue weighted by molar-refractivity contribution is -0.160. The van der Waals surface area contributed by atoms with E-state index in [-0.39, 0.29) is 30.0 Å². The molecular formula is C24H38N2O4. The highest BCUT2D eigenvalue weighted by molar-refractivity contribution is 5.76. The van der Waals surface area contributed by atoms with Crippen molar-refractivity contribution in [2.24, 2.45) is 23.4 Å². The van der Waals surface area contributed by atoms with Gasteiger partial charge < -0.3 is 19.9 Å². The number of fused-ring (bicyclic) bond motifs is 3. The van der Waals surface area contributed by atoms with Crippen LogP contribution in [-0.2, 0) is 16.0 Å². The van der Waals surface area contributed by atoms with E-state index in [2.05, 4.69) is 0 Å². The largest absolute Gasteiger partial charge is 0.493 e. The average molecular weight is 438 g/mol. The summed E-state index contributed by atoms with van der Waals surface area (Å²) in [6.07, 6.45) is -7.43. The van der Waals surface area contributed by atoms with Gasteiger partial charge in [-0.25, -0.2) is 0 Å². The molecule has 1 aromatic carbocycles. The van der Waals surface area contributed by atoms with Crippen LogP contribution in [0.2, 0.25) is 0 Å². The van der Waals surface area contributed by atoms with Gasteiger partial charge in [0, 0.05) is 49.3 Å². The molecule has 0 aliphatic carbocycles. The predicted molar refractivity (Wildman–Crippen MR) is 118 cm³/mol. The summed E-state index contributed by atoms with van der Waals surface area (Å²) >= 11 is 0. The van der Waals surface area contributed by atoms with Crippen LogP contribution >= 0.6 is 0 Å². The zero-order chi connectivity index (χ0) is 38.4. The van der Waals surface area contributed by atoms with Crippen molar-refractivity contribution in [2.45, 2.75) is 64.8 Å². The normalized spacial score (nSPS) is 44.6. The fraction of sp³-hybridized carbons (Fsp3) is 0.708. The third kappa shape index (κ3) is 4.75. The van der Waals surface area contributed by atoms with Crippen molar-refractivity contribution in [1.82, 2.24) is 4.90 Å². The molecule has 2 aliphatic heterocycles. The summed E-state index contributed by atoms with van der Waals surface area (Å²) in [6, 6.07) is -3.66. The monoisotopic (exact) mass is 437 g/mol. The van der Waals surface area contributed by atoms with Crippen LogP contribution in [0.1, 0.15) is 83.5 Å². The van der Waals surface area contributed by atoms with Crippen LogP contribution in [-0.4, -0.2) is 50.2 Å². The smallest absolute Gasteiger partial charge is 0.323 e. The zero-order valence-electron chi connectivity index (χ0n) is 35.7. The molecule has 1 aromatic rings. The number of carbonyl (C=O) groups is 1. The van der Waals surface area contributed by atoms with Crippen molar-refractivity contribution in [3.63, 3.8) is 0 Å². The van der Waals surface area contributed by atoms with Crippen molar-refractivity contribution in [3.8, 4) is 11.5 Å². The first-order valence-corrected chi connectivity index (χ1v) is 9.23. The fourth-order valence-corrected chi connectivity index (χ4v) is 3.67. The number of nitrogens with zero attached hydrogens (tertiary/aromatic N) is 1. The summed E-state index contributed by atoms with van der Waals surface area (Å²) in [4.78, 5) is 15.0. The molecule has 6 nitrogen and oxygen atoms in total. The van der Waals surface area contributed by atoms with Crippen molar-refractivity contribution in [3.05, 3.63) is 23.3 Å². The molecule has 1 fully saturated rings. The Morgan fingerprint density at radius 1 is 1.40 bits per heavy atom. The minimum Gasteiger partial charge on any atom is -0.493 e. The van der Waals surface area contributed by atoms with E-state index >= 15 is 0 Å². The van der Waals surface area contributed by atoms with Gasteiger partial charge in [0.15, 0.2) is 11.5 Å². The molecule has 1 saturated heterocycles. The van der Waals surface area contributed by atoms with E-state index in [1.807, 2.05) is 0 Å². The van der Waals surface area contributed by atoms with Gasteiger partial charge in [0.05, 0.1) is 22.4 Å². The zero-order valence-corrected chi connectivity index (χ0v) is 16.7. The summed E-state index contributed by atoms with van der Waals surface area (Å²) in [5.74, 6) is -11.9. The third-order valence-corrected chi connectivity index (χ3v) is 5.08. The Labute approximate surface area is 207 Å². The number of nitrogens with two attached hydrogens (primary N) is 1. The summed E-state index contributed by atoms with van der Waals surface area (Å²) in [5.41, 5.74) is 6.03. The number of rotatable bonds is 7. The molecule has 168 valence electrons. The molecule has 0 aromatic heterocycles.